The standard InChI is InChI=1S/C24H50N4O2/c1-12-18(4)13-14-19(5)23(8,17(2)3)27-22(6,7)21(30)16-28(11)24(9,25)20(29)15-26-10/h17-19,26-27H,12-16,25H2,1-11H3/t18-,19-,23+,24?/m0/s1. The van der Waals surface area contributed by atoms with Gasteiger partial charge in [0.15, 0.2) is 11.6 Å². The van der Waals surface area contributed by atoms with E-state index in [4.69, 9.17) is 5.73 Å². The third-order valence-corrected chi connectivity index (χ3v) is 7.37. The fourth-order valence-corrected chi connectivity index (χ4v) is 3.75. The van der Waals surface area contributed by atoms with E-state index in [1.807, 2.05) is 13.8 Å². The Kier molecular flexibility index (Phi) is 11.4. The lowest BCUT2D eigenvalue weighted by Gasteiger charge is -2.46. The number of carbonyl (C=O) groups excluding carboxylic acids is 2. The van der Waals surface area contributed by atoms with Crippen LogP contribution in [0.25, 0.3) is 0 Å². The van der Waals surface area contributed by atoms with Crippen molar-refractivity contribution < 1.29 is 9.59 Å². The minimum Gasteiger partial charge on any atom is -0.313 e. The molecule has 0 rings (SSSR count). The number of ketones is 2. The van der Waals surface area contributed by atoms with E-state index in [1.165, 1.54) is 12.8 Å². The summed E-state index contributed by atoms with van der Waals surface area (Å²) in [5.74, 6) is 1.39. The van der Waals surface area contributed by atoms with E-state index in [1.54, 1.807) is 25.9 Å². The number of hydrogen-bond donors (Lipinski definition) is 3. The third-order valence-electron chi connectivity index (χ3n) is 7.37. The molecule has 0 aromatic heterocycles. The van der Waals surface area contributed by atoms with Crippen LogP contribution in [0.3, 0.4) is 0 Å². The van der Waals surface area contributed by atoms with Crippen LogP contribution in [0.5, 0.6) is 0 Å². The van der Waals surface area contributed by atoms with E-state index < -0.39 is 11.2 Å². The summed E-state index contributed by atoms with van der Waals surface area (Å²) in [6, 6.07) is 0. The minimum absolute atomic E-state index is 0.0277. The summed E-state index contributed by atoms with van der Waals surface area (Å²) in [5.41, 5.74) is 4.14. The first-order chi connectivity index (χ1) is 13.6. The van der Waals surface area contributed by atoms with E-state index >= 15 is 0 Å². The number of nitrogens with zero attached hydrogens (tertiary/aromatic N) is 1. The van der Waals surface area contributed by atoms with Gasteiger partial charge in [0.05, 0.1) is 18.6 Å². The van der Waals surface area contributed by atoms with Crippen LogP contribution in [0.1, 0.15) is 81.6 Å². The fourth-order valence-electron chi connectivity index (χ4n) is 3.75. The number of likely N-dealkylation sites (N-methyl/N-ethyl adjacent to an activating group) is 2. The maximum absolute atomic E-state index is 13.3. The van der Waals surface area contributed by atoms with Crippen LogP contribution in [-0.2, 0) is 9.59 Å². The molecule has 1 unspecified atom stereocenters. The lowest BCUT2D eigenvalue weighted by Crippen LogP contribution is -2.66. The Labute approximate surface area is 186 Å². The van der Waals surface area contributed by atoms with E-state index in [2.05, 4.69) is 52.2 Å². The van der Waals surface area contributed by atoms with Gasteiger partial charge in [0.1, 0.15) is 5.66 Å². The highest BCUT2D eigenvalue weighted by atomic mass is 16.1. The number of nitrogens with one attached hydrogen (secondary N) is 2. The zero-order valence-electron chi connectivity index (χ0n) is 21.6. The van der Waals surface area contributed by atoms with E-state index in [0.717, 1.165) is 6.42 Å². The first-order valence-corrected chi connectivity index (χ1v) is 11.6. The molecule has 0 saturated heterocycles. The quantitative estimate of drug-likeness (QED) is 0.349. The summed E-state index contributed by atoms with van der Waals surface area (Å²) in [5, 5.41) is 6.55. The summed E-state index contributed by atoms with van der Waals surface area (Å²) in [6.45, 7) is 19.3. The summed E-state index contributed by atoms with van der Waals surface area (Å²) < 4.78 is 0. The van der Waals surface area contributed by atoms with Crippen molar-refractivity contribution in [2.24, 2.45) is 23.5 Å². The van der Waals surface area contributed by atoms with Gasteiger partial charge in [-0.05, 0) is 66.0 Å². The van der Waals surface area contributed by atoms with Gasteiger partial charge in [0.25, 0.3) is 0 Å². The Hall–Kier alpha value is -0.820. The first kappa shape index (κ1) is 29.2. The molecule has 0 aromatic carbocycles. The summed E-state index contributed by atoms with van der Waals surface area (Å²) >= 11 is 0. The Morgan fingerprint density at radius 1 is 1.00 bits per heavy atom. The molecule has 0 aromatic rings. The fraction of sp³-hybridized carbons (Fsp3) is 0.917. The molecule has 6 nitrogen and oxygen atoms in total. The zero-order valence-corrected chi connectivity index (χ0v) is 21.6. The smallest absolute Gasteiger partial charge is 0.180 e. The highest BCUT2D eigenvalue weighted by Crippen LogP contribution is 2.33. The van der Waals surface area contributed by atoms with Crippen LogP contribution < -0.4 is 16.4 Å². The Balaban J connectivity index is 5.37. The van der Waals surface area contributed by atoms with Crippen molar-refractivity contribution in [3.05, 3.63) is 0 Å². The molecule has 0 bridgehead atoms. The van der Waals surface area contributed by atoms with E-state index in [-0.39, 0.29) is 30.2 Å². The molecule has 0 amide bonds. The molecule has 0 heterocycles. The van der Waals surface area contributed by atoms with Gasteiger partial charge < -0.3 is 11.1 Å². The largest absolute Gasteiger partial charge is 0.313 e. The Morgan fingerprint density at radius 2 is 1.53 bits per heavy atom. The summed E-state index contributed by atoms with van der Waals surface area (Å²) in [6.07, 6.45) is 3.51. The molecule has 0 spiro atoms. The molecule has 0 aliphatic heterocycles. The normalized spacial score (nSPS) is 18.7. The molecular formula is C24H50N4O2. The second kappa shape index (κ2) is 11.7. The van der Waals surface area contributed by atoms with Gasteiger partial charge in [-0.15, -0.1) is 0 Å². The van der Waals surface area contributed by atoms with Crippen LogP contribution in [0.4, 0.5) is 0 Å². The van der Waals surface area contributed by atoms with Gasteiger partial charge in [0, 0.05) is 5.54 Å². The Bertz CT molecular complexity index is 559. The highest BCUT2D eigenvalue weighted by Gasteiger charge is 2.42. The SMILES string of the molecule is CC[C@H](C)CC[C@H](C)[C@](C)(NC(C)(C)C(=O)CN(C)C(C)(N)C(=O)CNC)C(C)C. The van der Waals surface area contributed by atoms with Crippen molar-refractivity contribution in [2.75, 3.05) is 27.2 Å². The van der Waals surface area contributed by atoms with Crippen molar-refractivity contribution in [1.82, 2.24) is 15.5 Å². The molecular weight excluding hydrogens is 376 g/mol. The summed E-state index contributed by atoms with van der Waals surface area (Å²) in [7, 11) is 3.44. The molecule has 30 heavy (non-hydrogen) atoms. The number of hydrogen-bond acceptors (Lipinski definition) is 6. The first-order valence-electron chi connectivity index (χ1n) is 11.6. The predicted molar refractivity (Wildman–Crippen MR) is 127 cm³/mol. The molecule has 0 saturated carbocycles. The number of Topliss-reactive ketones (excluding diaryl/α,β-unsaturated/α-hetero) is 2. The number of carbonyl (C=O) groups is 2. The van der Waals surface area contributed by atoms with Crippen molar-refractivity contribution in [2.45, 2.75) is 98.3 Å². The van der Waals surface area contributed by atoms with Crippen LogP contribution in [0.2, 0.25) is 0 Å². The van der Waals surface area contributed by atoms with Gasteiger partial charge in [-0.2, -0.15) is 0 Å². The van der Waals surface area contributed by atoms with Gasteiger partial charge in [0.2, 0.25) is 0 Å². The van der Waals surface area contributed by atoms with Gasteiger partial charge in [-0.1, -0.05) is 47.5 Å². The molecule has 0 aliphatic carbocycles. The van der Waals surface area contributed by atoms with Crippen LogP contribution in [-0.4, -0.2) is 60.4 Å². The lowest BCUT2D eigenvalue weighted by atomic mass is 9.73. The van der Waals surface area contributed by atoms with Gasteiger partial charge in [-0.3, -0.25) is 19.8 Å². The van der Waals surface area contributed by atoms with Gasteiger partial charge in [-0.25, -0.2) is 0 Å². The zero-order chi connectivity index (χ0) is 23.9. The maximum atomic E-state index is 13.3. The van der Waals surface area contributed by atoms with Crippen molar-refractivity contribution in [3.63, 3.8) is 0 Å². The van der Waals surface area contributed by atoms with Crippen molar-refractivity contribution >= 4 is 11.6 Å². The average Bonchev–Trinajstić information content (AvgIpc) is 2.64. The van der Waals surface area contributed by atoms with E-state index in [9.17, 15) is 9.59 Å². The molecule has 4 atom stereocenters. The summed E-state index contributed by atoms with van der Waals surface area (Å²) in [4.78, 5) is 27.2. The lowest BCUT2D eigenvalue weighted by molar-refractivity contribution is -0.133. The monoisotopic (exact) mass is 426 g/mol. The molecule has 178 valence electrons. The molecule has 4 N–H and O–H groups in total. The number of rotatable bonds is 15. The van der Waals surface area contributed by atoms with Crippen LogP contribution >= 0.6 is 0 Å². The minimum atomic E-state index is -1.19. The topological polar surface area (TPSA) is 87.5 Å². The average molecular weight is 427 g/mol. The molecule has 0 fully saturated rings. The highest BCUT2D eigenvalue weighted by molar-refractivity contribution is 5.92. The van der Waals surface area contributed by atoms with Crippen LogP contribution in [0, 0.1) is 17.8 Å². The molecule has 0 radical (unpaired) electrons. The maximum Gasteiger partial charge on any atom is 0.180 e. The number of nitrogens with two attached hydrogens (primary N) is 1. The van der Waals surface area contributed by atoms with E-state index in [0.29, 0.717) is 17.8 Å². The van der Waals surface area contributed by atoms with Gasteiger partial charge >= 0.3 is 0 Å². The Morgan fingerprint density at radius 3 is 1.97 bits per heavy atom. The third kappa shape index (κ3) is 7.70. The predicted octanol–water partition coefficient (Wildman–Crippen LogP) is 3.20. The van der Waals surface area contributed by atoms with Crippen molar-refractivity contribution in [1.29, 1.82) is 0 Å². The second-order valence-electron chi connectivity index (χ2n) is 10.6. The molecule has 0 aliphatic rings. The second-order valence-corrected chi connectivity index (χ2v) is 10.6. The molecule has 6 heteroatoms. The van der Waals surface area contributed by atoms with Crippen molar-refractivity contribution in [3.8, 4) is 0 Å². The van der Waals surface area contributed by atoms with Crippen LogP contribution in [0.15, 0.2) is 0 Å².